The van der Waals surface area contributed by atoms with Crippen LogP contribution in [0.1, 0.15) is 44.1 Å². The van der Waals surface area contributed by atoms with Gasteiger partial charge in [0.2, 0.25) is 5.91 Å². The van der Waals surface area contributed by atoms with Crippen molar-refractivity contribution in [2.24, 2.45) is 14.1 Å². The topological polar surface area (TPSA) is 76.3 Å². The molecule has 1 amide bonds. The number of halogens is 1. The van der Waals surface area contributed by atoms with Crippen molar-refractivity contribution in [1.82, 2.24) is 14.5 Å². The molecule has 8 heteroatoms. The maximum absolute atomic E-state index is 13.4. The van der Waals surface area contributed by atoms with Crippen LogP contribution in [0.25, 0.3) is 0 Å². The normalized spacial score (nSPS) is 18.9. The molecule has 1 saturated carbocycles. The van der Waals surface area contributed by atoms with Crippen LogP contribution in [-0.2, 0) is 24.3 Å². The Morgan fingerprint density at radius 2 is 1.68 bits per heavy atom. The van der Waals surface area contributed by atoms with E-state index in [-0.39, 0.29) is 23.2 Å². The van der Waals surface area contributed by atoms with E-state index < -0.39 is 5.41 Å². The summed E-state index contributed by atoms with van der Waals surface area (Å²) in [6.07, 6.45) is 6.93. The molecule has 2 aromatic rings. The average molecular weight is 445 g/mol. The molecule has 4 rings (SSSR count). The molecule has 2 heterocycles. The van der Waals surface area contributed by atoms with Crippen molar-refractivity contribution < 1.29 is 4.79 Å². The van der Waals surface area contributed by atoms with Gasteiger partial charge in [0.05, 0.1) is 5.41 Å². The molecule has 0 bridgehead atoms. The van der Waals surface area contributed by atoms with E-state index in [2.05, 4.69) is 5.32 Å². The van der Waals surface area contributed by atoms with Gasteiger partial charge in [-0.2, -0.15) is 0 Å². The number of carbonyl (C=O) groups excluding carboxylic acids is 1. The number of rotatable bonds is 4. The lowest BCUT2D eigenvalue weighted by molar-refractivity contribution is -0.127. The number of nitrogens with one attached hydrogen (secondary N) is 1. The molecule has 1 aliphatic heterocycles. The first-order valence-electron chi connectivity index (χ1n) is 10.9. The molecule has 1 aromatic carbocycles. The van der Waals surface area contributed by atoms with Gasteiger partial charge in [0.15, 0.2) is 0 Å². The largest absolute Gasteiger partial charge is 0.366 e. The van der Waals surface area contributed by atoms with E-state index in [1.165, 1.54) is 11.6 Å². The van der Waals surface area contributed by atoms with Gasteiger partial charge in [-0.15, -0.1) is 0 Å². The number of amides is 1. The second-order valence-corrected chi connectivity index (χ2v) is 9.24. The summed E-state index contributed by atoms with van der Waals surface area (Å²) >= 11 is 6.05. The lowest BCUT2D eigenvalue weighted by Crippen LogP contribution is -2.51. The Labute approximate surface area is 186 Å². The van der Waals surface area contributed by atoms with Crippen molar-refractivity contribution in [2.45, 2.75) is 50.0 Å². The molecule has 7 nitrogen and oxygen atoms in total. The second kappa shape index (κ2) is 8.54. The molecule has 0 spiro atoms. The van der Waals surface area contributed by atoms with Crippen LogP contribution < -0.4 is 21.5 Å². The summed E-state index contributed by atoms with van der Waals surface area (Å²) in [7, 11) is 3.15. The fourth-order valence-corrected chi connectivity index (χ4v) is 5.11. The molecule has 1 aromatic heterocycles. The van der Waals surface area contributed by atoms with Crippen LogP contribution >= 0.6 is 11.6 Å². The number of piperidine rings is 1. The molecular formula is C23H29ClN4O3. The number of carbonyl (C=O) groups is 1. The van der Waals surface area contributed by atoms with E-state index in [1.807, 2.05) is 29.2 Å². The van der Waals surface area contributed by atoms with Crippen molar-refractivity contribution in [3.8, 4) is 0 Å². The first-order chi connectivity index (χ1) is 14.8. The molecule has 1 N–H and O–H groups in total. The SMILES string of the molecule is Cn1cc(N2CCC(NC(=O)C3(c4ccc(Cl)cc4)CCCC3)CC2)c(=O)n(C)c1=O. The standard InChI is InChI=1S/C23H29ClN4O3/c1-26-15-19(20(29)27(2)22(26)31)28-13-9-18(10-14-28)25-21(30)23(11-3-4-12-23)16-5-7-17(24)8-6-16/h5-8,15,18H,3-4,9-14H2,1-2H3,(H,25,30). The first-order valence-corrected chi connectivity index (χ1v) is 11.3. The summed E-state index contributed by atoms with van der Waals surface area (Å²) in [4.78, 5) is 39.9. The fraction of sp³-hybridized carbons (Fsp3) is 0.522. The van der Waals surface area contributed by atoms with E-state index in [0.717, 1.165) is 48.7 Å². The minimum Gasteiger partial charge on any atom is -0.366 e. The highest BCUT2D eigenvalue weighted by atomic mass is 35.5. The molecule has 0 unspecified atom stereocenters. The molecule has 166 valence electrons. The van der Waals surface area contributed by atoms with Gasteiger partial charge in [-0.1, -0.05) is 36.6 Å². The zero-order valence-electron chi connectivity index (χ0n) is 18.1. The van der Waals surface area contributed by atoms with Crippen molar-refractivity contribution in [2.75, 3.05) is 18.0 Å². The number of aromatic nitrogens is 2. The van der Waals surface area contributed by atoms with Gasteiger partial charge in [-0.3, -0.25) is 14.2 Å². The van der Waals surface area contributed by atoms with Gasteiger partial charge in [-0.05, 0) is 43.4 Å². The summed E-state index contributed by atoms with van der Waals surface area (Å²) in [5, 5.41) is 3.97. The van der Waals surface area contributed by atoms with Crippen molar-refractivity contribution in [3.63, 3.8) is 0 Å². The van der Waals surface area contributed by atoms with E-state index in [4.69, 9.17) is 11.6 Å². The third-order valence-corrected chi connectivity index (χ3v) is 7.14. The Morgan fingerprint density at radius 1 is 1.06 bits per heavy atom. The van der Waals surface area contributed by atoms with Crippen LogP contribution in [0.5, 0.6) is 0 Å². The zero-order chi connectivity index (χ0) is 22.2. The maximum atomic E-state index is 13.4. The third-order valence-electron chi connectivity index (χ3n) is 6.89. The maximum Gasteiger partial charge on any atom is 0.330 e. The summed E-state index contributed by atoms with van der Waals surface area (Å²) in [6, 6.07) is 7.74. The van der Waals surface area contributed by atoms with Gasteiger partial charge in [0.1, 0.15) is 5.69 Å². The number of anilines is 1. The van der Waals surface area contributed by atoms with Crippen LogP contribution in [0.2, 0.25) is 5.02 Å². The van der Waals surface area contributed by atoms with Crippen LogP contribution in [0.4, 0.5) is 5.69 Å². The number of nitrogens with zero attached hydrogens (tertiary/aromatic N) is 3. The summed E-state index contributed by atoms with van der Waals surface area (Å²) < 4.78 is 2.57. The highest BCUT2D eigenvalue weighted by Crippen LogP contribution is 2.42. The minimum atomic E-state index is -0.477. The summed E-state index contributed by atoms with van der Waals surface area (Å²) in [5.74, 6) is 0.101. The molecule has 1 aliphatic carbocycles. The highest BCUT2D eigenvalue weighted by molar-refractivity contribution is 6.30. The number of hydrogen-bond acceptors (Lipinski definition) is 4. The Hall–Kier alpha value is -2.54. The van der Waals surface area contributed by atoms with E-state index in [9.17, 15) is 14.4 Å². The Morgan fingerprint density at radius 3 is 2.29 bits per heavy atom. The molecule has 0 radical (unpaired) electrons. The molecule has 1 saturated heterocycles. The van der Waals surface area contributed by atoms with Gasteiger partial charge in [0.25, 0.3) is 5.56 Å². The number of benzene rings is 1. The summed E-state index contributed by atoms with van der Waals surface area (Å²) in [6.45, 7) is 1.32. The molecule has 31 heavy (non-hydrogen) atoms. The Bertz CT molecular complexity index is 1080. The van der Waals surface area contributed by atoms with Crippen molar-refractivity contribution >= 4 is 23.2 Å². The fourth-order valence-electron chi connectivity index (χ4n) is 4.99. The molecule has 2 aliphatic rings. The van der Waals surface area contributed by atoms with Crippen LogP contribution in [-0.4, -0.2) is 34.2 Å². The monoisotopic (exact) mass is 444 g/mol. The van der Waals surface area contributed by atoms with Crippen LogP contribution in [0.15, 0.2) is 40.1 Å². The molecule has 2 fully saturated rings. The van der Waals surface area contributed by atoms with E-state index in [1.54, 1.807) is 13.2 Å². The predicted molar refractivity (Wildman–Crippen MR) is 122 cm³/mol. The quantitative estimate of drug-likeness (QED) is 0.785. The number of aryl methyl sites for hydroxylation is 1. The molecule has 0 atom stereocenters. The van der Waals surface area contributed by atoms with E-state index >= 15 is 0 Å². The highest BCUT2D eigenvalue weighted by Gasteiger charge is 2.43. The predicted octanol–water partition coefficient (Wildman–Crippen LogP) is 2.33. The third kappa shape index (κ3) is 4.03. The summed E-state index contributed by atoms with van der Waals surface area (Å²) in [5.41, 5.74) is 0.481. The second-order valence-electron chi connectivity index (χ2n) is 8.80. The first kappa shape index (κ1) is 21.7. The van der Waals surface area contributed by atoms with Crippen molar-refractivity contribution in [1.29, 1.82) is 0 Å². The lowest BCUT2D eigenvalue weighted by atomic mass is 9.77. The van der Waals surface area contributed by atoms with Crippen LogP contribution in [0, 0.1) is 0 Å². The van der Waals surface area contributed by atoms with Crippen LogP contribution in [0.3, 0.4) is 0 Å². The van der Waals surface area contributed by atoms with E-state index in [0.29, 0.717) is 23.8 Å². The van der Waals surface area contributed by atoms with Crippen molar-refractivity contribution in [3.05, 3.63) is 61.9 Å². The smallest absolute Gasteiger partial charge is 0.330 e. The van der Waals surface area contributed by atoms with Gasteiger partial charge in [0, 0.05) is 44.4 Å². The zero-order valence-corrected chi connectivity index (χ0v) is 18.8. The van der Waals surface area contributed by atoms with Gasteiger partial charge in [-0.25, -0.2) is 4.79 Å². The Kier molecular flexibility index (Phi) is 5.97. The average Bonchev–Trinajstić information content (AvgIpc) is 3.27. The Balaban J connectivity index is 1.45. The molecular weight excluding hydrogens is 416 g/mol. The van der Waals surface area contributed by atoms with Gasteiger partial charge < -0.3 is 14.8 Å². The minimum absolute atomic E-state index is 0.0740. The van der Waals surface area contributed by atoms with Gasteiger partial charge >= 0.3 is 5.69 Å². The number of hydrogen-bond donors (Lipinski definition) is 1. The lowest BCUT2D eigenvalue weighted by Gasteiger charge is -2.36.